The number of fused-ring (bicyclic) bond motifs is 1. The second-order valence-electron chi connectivity index (χ2n) is 7.63. The molecule has 1 saturated heterocycles. The Hall–Kier alpha value is -3.41. The van der Waals surface area contributed by atoms with Crippen LogP contribution in [0.2, 0.25) is 0 Å². The zero-order valence-electron chi connectivity index (χ0n) is 18.1. The van der Waals surface area contributed by atoms with Gasteiger partial charge < -0.3 is 19.7 Å². The molecular weight excluding hydrogens is 441 g/mol. The van der Waals surface area contributed by atoms with Gasteiger partial charge in [-0.2, -0.15) is 18.3 Å². The molecule has 0 spiro atoms. The molecule has 3 aromatic rings. The highest BCUT2D eigenvalue weighted by atomic mass is 19.4. The van der Waals surface area contributed by atoms with Crippen molar-refractivity contribution in [2.45, 2.75) is 26.1 Å². The van der Waals surface area contributed by atoms with Crippen LogP contribution in [0.3, 0.4) is 0 Å². The average Bonchev–Trinajstić information content (AvgIpc) is 2.94. The molecule has 0 radical (unpaired) electrons. The lowest BCUT2D eigenvalue weighted by Gasteiger charge is -2.19. The second-order valence-corrected chi connectivity index (χ2v) is 7.63. The van der Waals surface area contributed by atoms with Crippen molar-refractivity contribution < 1.29 is 27.4 Å². The van der Waals surface area contributed by atoms with Crippen molar-refractivity contribution in [1.82, 2.24) is 24.6 Å². The summed E-state index contributed by atoms with van der Waals surface area (Å²) >= 11 is 0. The van der Waals surface area contributed by atoms with Crippen LogP contribution in [0.5, 0.6) is 5.75 Å². The van der Waals surface area contributed by atoms with Crippen LogP contribution in [0, 0.1) is 6.92 Å². The number of pyridine rings is 2. The van der Waals surface area contributed by atoms with Crippen molar-refractivity contribution in [1.29, 1.82) is 0 Å². The molecule has 12 heteroatoms. The van der Waals surface area contributed by atoms with E-state index in [1.165, 1.54) is 25.6 Å². The normalized spacial score (nSPS) is 14.9. The second kappa shape index (κ2) is 9.22. The number of aryl methyl sites for hydroxylation is 1. The zero-order chi connectivity index (χ0) is 23.6. The first-order chi connectivity index (χ1) is 15.7. The summed E-state index contributed by atoms with van der Waals surface area (Å²) in [6, 6.07) is 3.09. The molecular formula is C21H23F3N6O3. The van der Waals surface area contributed by atoms with Crippen molar-refractivity contribution >= 4 is 28.4 Å². The summed E-state index contributed by atoms with van der Waals surface area (Å²) in [7, 11) is 1.51. The Labute approximate surface area is 187 Å². The predicted molar refractivity (Wildman–Crippen MR) is 114 cm³/mol. The Morgan fingerprint density at radius 3 is 2.73 bits per heavy atom. The number of nitrogens with one attached hydrogen (secondary N) is 1. The third-order valence-electron chi connectivity index (χ3n) is 5.22. The van der Waals surface area contributed by atoms with Crippen LogP contribution in [-0.4, -0.2) is 70.1 Å². The first-order valence-corrected chi connectivity index (χ1v) is 10.3. The van der Waals surface area contributed by atoms with Crippen LogP contribution in [0.4, 0.5) is 24.8 Å². The molecule has 9 nitrogen and oxygen atoms in total. The van der Waals surface area contributed by atoms with Gasteiger partial charge in [0.25, 0.3) is 5.91 Å². The first kappa shape index (κ1) is 22.8. The summed E-state index contributed by atoms with van der Waals surface area (Å²) in [6.45, 7) is 2.33. The summed E-state index contributed by atoms with van der Waals surface area (Å²) in [5.41, 5.74) is 0.916. The lowest BCUT2D eigenvalue weighted by Crippen LogP contribution is -2.33. The fourth-order valence-electron chi connectivity index (χ4n) is 3.58. The van der Waals surface area contributed by atoms with Gasteiger partial charge in [0.05, 0.1) is 30.8 Å². The van der Waals surface area contributed by atoms with Crippen LogP contribution in [0.15, 0.2) is 24.5 Å². The molecule has 3 aromatic heterocycles. The van der Waals surface area contributed by atoms with Crippen LogP contribution >= 0.6 is 0 Å². The van der Waals surface area contributed by atoms with Gasteiger partial charge in [0.1, 0.15) is 23.8 Å². The molecule has 1 fully saturated rings. The fraction of sp³-hybridized carbons (Fsp3) is 0.429. The van der Waals surface area contributed by atoms with Crippen molar-refractivity contribution in [2.75, 3.05) is 38.7 Å². The van der Waals surface area contributed by atoms with E-state index in [0.29, 0.717) is 49.7 Å². The number of nitrogens with zero attached hydrogens (tertiary/aromatic N) is 5. The van der Waals surface area contributed by atoms with Gasteiger partial charge in [-0.05, 0) is 31.0 Å². The Balaban J connectivity index is 1.71. The van der Waals surface area contributed by atoms with Crippen molar-refractivity contribution in [3.05, 3.63) is 35.8 Å². The van der Waals surface area contributed by atoms with E-state index < -0.39 is 12.7 Å². The van der Waals surface area contributed by atoms with Crippen LogP contribution in [0.25, 0.3) is 10.9 Å². The topological polar surface area (TPSA) is 94.4 Å². The van der Waals surface area contributed by atoms with E-state index in [1.807, 2.05) is 0 Å². The lowest BCUT2D eigenvalue weighted by molar-refractivity contribution is -0.141. The number of amides is 1. The van der Waals surface area contributed by atoms with Crippen molar-refractivity contribution in [3.8, 4) is 5.75 Å². The maximum absolute atomic E-state index is 13.2. The average molecular weight is 464 g/mol. The predicted octanol–water partition coefficient (Wildman–Crippen LogP) is 3.31. The van der Waals surface area contributed by atoms with E-state index in [9.17, 15) is 18.0 Å². The summed E-state index contributed by atoms with van der Waals surface area (Å²) < 4.78 is 51.0. The molecule has 4 rings (SSSR count). The fourth-order valence-corrected chi connectivity index (χ4v) is 3.58. The quantitative estimate of drug-likeness (QED) is 0.619. The Morgan fingerprint density at radius 2 is 2.00 bits per heavy atom. The third-order valence-corrected chi connectivity index (χ3v) is 5.22. The number of hydrogen-bond acceptors (Lipinski definition) is 7. The van der Waals surface area contributed by atoms with Gasteiger partial charge >= 0.3 is 6.18 Å². The molecule has 1 aliphatic rings. The van der Waals surface area contributed by atoms with Gasteiger partial charge in [0.15, 0.2) is 5.82 Å². The van der Waals surface area contributed by atoms with E-state index in [0.717, 1.165) is 10.2 Å². The van der Waals surface area contributed by atoms with Crippen molar-refractivity contribution in [2.24, 2.45) is 0 Å². The van der Waals surface area contributed by atoms with Gasteiger partial charge in [-0.15, -0.1) is 0 Å². The molecule has 0 atom stereocenters. The standard InChI is InChI=1S/C21H23F3N6O3/c1-13-8-14(32-2)10-26-18(13)27-19-15-11-25-16(20(31)29-4-3-6-33-7-5-29)9-17(15)30(28-19)12-21(22,23)24/h8-11H,3-7,12H2,1-2H3,(H,26,27,28). The molecule has 0 saturated carbocycles. The maximum Gasteiger partial charge on any atom is 0.408 e. The van der Waals surface area contributed by atoms with Gasteiger partial charge in [-0.3, -0.25) is 14.5 Å². The molecule has 0 aromatic carbocycles. The minimum atomic E-state index is -4.50. The van der Waals surface area contributed by atoms with Crippen LogP contribution in [-0.2, 0) is 11.3 Å². The number of aromatic nitrogens is 4. The molecule has 176 valence electrons. The number of rotatable bonds is 5. The highest BCUT2D eigenvalue weighted by molar-refractivity contribution is 5.98. The number of halogens is 3. The Kier molecular flexibility index (Phi) is 6.36. The summed E-state index contributed by atoms with van der Waals surface area (Å²) in [6.07, 6.45) is -0.968. The molecule has 0 unspecified atom stereocenters. The maximum atomic E-state index is 13.2. The van der Waals surface area contributed by atoms with Crippen molar-refractivity contribution in [3.63, 3.8) is 0 Å². The number of anilines is 2. The minimum absolute atomic E-state index is 0.0537. The van der Waals surface area contributed by atoms with Gasteiger partial charge in [-0.25, -0.2) is 4.98 Å². The first-order valence-electron chi connectivity index (χ1n) is 10.3. The summed E-state index contributed by atoms with van der Waals surface area (Å²) in [5, 5.41) is 7.43. The van der Waals surface area contributed by atoms with Crippen LogP contribution in [0.1, 0.15) is 22.5 Å². The number of alkyl halides is 3. The molecule has 4 heterocycles. The number of hydrogen-bond donors (Lipinski definition) is 1. The molecule has 1 N–H and O–H groups in total. The number of carbonyl (C=O) groups excluding carboxylic acids is 1. The van der Waals surface area contributed by atoms with E-state index in [1.54, 1.807) is 17.9 Å². The molecule has 1 aliphatic heterocycles. The number of methoxy groups -OCH3 is 1. The van der Waals surface area contributed by atoms with Crippen LogP contribution < -0.4 is 10.1 Å². The van der Waals surface area contributed by atoms with Gasteiger partial charge in [0.2, 0.25) is 0 Å². The molecule has 1 amide bonds. The SMILES string of the molecule is COc1cnc(Nc2nn(CC(F)(F)F)c3cc(C(=O)N4CCCOCC4)ncc23)c(C)c1. The molecule has 0 aliphatic carbocycles. The van der Waals surface area contributed by atoms with Gasteiger partial charge in [-0.1, -0.05) is 0 Å². The van der Waals surface area contributed by atoms with E-state index in [2.05, 4.69) is 20.4 Å². The Morgan fingerprint density at radius 1 is 1.18 bits per heavy atom. The van der Waals surface area contributed by atoms with Gasteiger partial charge in [0, 0.05) is 25.9 Å². The highest BCUT2D eigenvalue weighted by Crippen LogP contribution is 2.30. The van der Waals surface area contributed by atoms with E-state index in [4.69, 9.17) is 9.47 Å². The zero-order valence-corrected chi connectivity index (χ0v) is 18.1. The molecule has 0 bridgehead atoms. The largest absolute Gasteiger partial charge is 0.495 e. The minimum Gasteiger partial charge on any atom is -0.495 e. The number of ether oxygens (including phenoxy) is 2. The van der Waals surface area contributed by atoms with E-state index >= 15 is 0 Å². The highest BCUT2D eigenvalue weighted by Gasteiger charge is 2.30. The summed E-state index contributed by atoms with van der Waals surface area (Å²) in [4.78, 5) is 23.0. The number of carbonyl (C=O) groups is 1. The monoisotopic (exact) mass is 464 g/mol. The Bertz CT molecular complexity index is 1160. The third kappa shape index (κ3) is 5.16. The smallest absolute Gasteiger partial charge is 0.408 e. The summed E-state index contributed by atoms with van der Waals surface area (Å²) in [5.74, 6) is 0.766. The molecule has 33 heavy (non-hydrogen) atoms. The van der Waals surface area contributed by atoms with E-state index in [-0.39, 0.29) is 22.9 Å². The lowest BCUT2D eigenvalue weighted by atomic mass is 10.2.